The van der Waals surface area contributed by atoms with Crippen molar-refractivity contribution in [3.63, 3.8) is 0 Å². The van der Waals surface area contributed by atoms with E-state index >= 15 is 4.57 Å². The smallest absolute Gasteiger partial charge is 0.171 e. The fourth-order valence-electron chi connectivity index (χ4n) is 11.5. The van der Waals surface area contributed by atoms with E-state index in [-0.39, 0.29) is 0 Å². The normalized spacial score (nSPS) is 17.0. The number of benzene rings is 10. The average Bonchev–Trinajstić information content (AvgIpc) is 3.94. The van der Waals surface area contributed by atoms with Crippen molar-refractivity contribution in [1.82, 2.24) is 4.57 Å². The Labute approximate surface area is 386 Å². The van der Waals surface area contributed by atoms with Gasteiger partial charge in [0.05, 0.1) is 22.1 Å². The second-order valence-corrected chi connectivity index (χ2v) is 21.3. The van der Waals surface area contributed by atoms with Crippen LogP contribution in [-0.4, -0.2) is 4.57 Å². The minimum absolute atomic E-state index is 0.787. The highest BCUT2D eigenvalue weighted by Crippen LogP contribution is 2.61. The molecule has 10 aromatic carbocycles. The summed E-state index contributed by atoms with van der Waals surface area (Å²) in [5.41, 5.74) is 12.5. The molecule has 0 fully saturated rings. The van der Waals surface area contributed by atoms with E-state index < -0.39 is 12.6 Å². The zero-order valence-electron chi connectivity index (χ0n) is 35.7. The Bertz CT molecular complexity index is 3980. The molecule has 2 aromatic heterocycles. The van der Waals surface area contributed by atoms with Crippen LogP contribution in [0.2, 0.25) is 0 Å². The molecule has 4 heterocycles. The van der Waals surface area contributed by atoms with Gasteiger partial charge in [0, 0.05) is 63.9 Å². The Balaban J connectivity index is 1.09. The molecule has 2 atom stereocenters. The van der Waals surface area contributed by atoms with Crippen LogP contribution in [0, 0.1) is 0 Å². The third-order valence-corrected chi connectivity index (χ3v) is 18.5. The predicted octanol–water partition coefficient (Wildman–Crippen LogP) is 14.9. The van der Waals surface area contributed by atoms with Gasteiger partial charge in [0.2, 0.25) is 0 Å². The number of nitrogens with zero attached hydrogens (tertiary/aromatic N) is 2. The highest BCUT2D eigenvalue weighted by Gasteiger charge is 2.54. The standard InChI is InChI=1S/C61H39N2OPS/c64-65(45-18-5-2-6-19-45)56-28-13-10-24-51(56)61(50-23-9-12-27-55(50)63-54-26-11-7-20-46(54)48-22-15-25-53(61)60(48)63)52-36-34-44(39-57(52)65)62(42-32-30-41(31-33-42)40-16-3-1-4-17-40)43-35-37-59-49(38-43)47-21-8-14-29-58(47)66-59/h1-39H. The molecule has 0 bridgehead atoms. The second kappa shape index (κ2) is 14.1. The van der Waals surface area contributed by atoms with Crippen molar-refractivity contribution in [2.45, 2.75) is 5.41 Å². The highest BCUT2D eigenvalue weighted by molar-refractivity contribution is 7.85. The van der Waals surface area contributed by atoms with Gasteiger partial charge in [0.15, 0.2) is 7.14 Å². The van der Waals surface area contributed by atoms with Crippen LogP contribution >= 0.6 is 18.5 Å². The van der Waals surface area contributed by atoms with E-state index in [1.807, 2.05) is 29.5 Å². The molecule has 0 radical (unpaired) electrons. The van der Waals surface area contributed by atoms with Gasteiger partial charge in [-0.2, -0.15) is 0 Å². The third-order valence-electron chi connectivity index (χ3n) is 14.2. The zero-order valence-corrected chi connectivity index (χ0v) is 37.4. The molecule has 2 unspecified atom stereocenters. The highest BCUT2D eigenvalue weighted by atomic mass is 32.1. The molecule has 0 aliphatic carbocycles. The molecule has 12 aromatic rings. The van der Waals surface area contributed by atoms with Crippen molar-refractivity contribution in [2.75, 3.05) is 4.90 Å². The van der Waals surface area contributed by atoms with Crippen molar-refractivity contribution in [2.24, 2.45) is 0 Å². The monoisotopic (exact) mass is 878 g/mol. The SMILES string of the molecule is O=P1(c2ccccc2)c2ccccc2C2(c3ccccc3-n3c4ccccc4c4cccc2c43)c2ccc(N(c3ccc(-c4ccccc4)cc3)c3ccc4sc5ccccc5c4c3)cc21. The summed E-state index contributed by atoms with van der Waals surface area (Å²) in [5, 5.41) is 7.47. The molecule has 14 rings (SSSR count). The number of aromatic nitrogens is 1. The van der Waals surface area contributed by atoms with Crippen LogP contribution in [0.4, 0.5) is 17.1 Å². The largest absolute Gasteiger partial charge is 0.310 e. The topological polar surface area (TPSA) is 25.2 Å². The first-order valence-corrected chi connectivity index (χ1v) is 25.0. The zero-order chi connectivity index (χ0) is 43.6. The van der Waals surface area contributed by atoms with Crippen LogP contribution < -0.4 is 20.8 Å². The number of para-hydroxylation sites is 3. The van der Waals surface area contributed by atoms with E-state index in [0.29, 0.717) is 0 Å². The summed E-state index contributed by atoms with van der Waals surface area (Å²) in [6, 6.07) is 85.1. The van der Waals surface area contributed by atoms with E-state index in [0.717, 1.165) is 55.4 Å². The molecule has 0 saturated heterocycles. The van der Waals surface area contributed by atoms with E-state index in [4.69, 9.17) is 0 Å². The first kappa shape index (κ1) is 37.6. The second-order valence-electron chi connectivity index (χ2n) is 17.5. The lowest BCUT2D eigenvalue weighted by molar-refractivity contribution is 0.590. The number of anilines is 3. The van der Waals surface area contributed by atoms with Gasteiger partial charge in [0.1, 0.15) is 0 Å². The molecule has 5 heteroatoms. The summed E-state index contributed by atoms with van der Waals surface area (Å²) >= 11 is 1.83. The average molecular weight is 879 g/mol. The van der Waals surface area contributed by atoms with Gasteiger partial charge in [-0.25, -0.2) is 0 Å². The minimum Gasteiger partial charge on any atom is -0.310 e. The van der Waals surface area contributed by atoms with Crippen LogP contribution in [0.3, 0.4) is 0 Å². The summed E-state index contributed by atoms with van der Waals surface area (Å²) < 4.78 is 22.1. The Morgan fingerprint density at radius 3 is 1.85 bits per heavy atom. The maximum atomic E-state index is 17.2. The molecule has 66 heavy (non-hydrogen) atoms. The van der Waals surface area contributed by atoms with Crippen molar-refractivity contribution >= 4 is 93.4 Å². The minimum atomic E-state index is -3.53. The number of fused-ring (bicyclic) bond motifs is 14. The van der Waals surface area contributed by atoms with E-state index in [2.05, 4.69) is 228 Å². The number of hydrogen-bond acceptors (Lipinski definition) is 3. The van der Waals surface area contributed by atoms with Gasteiger partial charge in [-0.05, 0) is 94.0 Å². The Morgan fingerprint density at radius 2 is 1.00 bits per heavy atom. The number of hydrogen-bond donors (Lipinski definition) is 0. The van der Waals surface area contributed by atoms with E-state index in [9.17, 15) is 0 Å². The molecular weight excluding hydrogens is 840 g/mol. The summed E-state index contributed by atoms with van der Waals surface area (Å²) in [6.45, 7) is 0. The summed E-state index contributed by atoms with van der Waals surface area (Å²) in [6.07, 6.45) is 0. The van der Waals surface area contributed by atoms with Gasteiger partial charge >= 0.3 is 0 Å². The van der Waals surface area contributed by atoms with Crippen molar-refractivity contribution in [1.29, 1.82) is 0 Å². The third kappa shape index (κ3) is 5.06. The van der Waals surface area contributed by atoms with Crippen LogP contribution in [-0.2, 0) is 9.98 Å². The molecule has 3 nitrogen and oxygen atoms in total. The molecule has 310 valence electrons. The maximum absolute atomic E-state index is 17.2. The van der Waals surface area contributed by atoms with E-state index in [1.54, 1.807) is 0 Å². The lowest BCUT2D eigenvalue weighted by Crippen LogP contribution is -2.48. The van der Waals surface area contributed by atoms with Gasteiger partial charge < -0.3 is 14.0 Å². The van der Waals surface area contributed by atoms with Crippen LogP contribution in [0.1, 0.15) is 22.3 Å². The fraction of sp³-hybridized carbons (Fsp3) is 0.0164. The number of rotatable bonds is 5. The van der Waals surface area contributed by atoms with Gasteiger partial charge in [-0.15, -0.1) is 11.3 Å². The first-order valence-electron chi connectivity index (χ1n) is 22.5. The molecule has 0 amide bonds. The van der Waals surface area contributed by atoms with Crippen LogP contribution in [0.25, 0.3) is 58.8 Å². The van der Waals surface area contributed by atoms with Crippen molar-refractivity contribution < 1.29 is 4.57 Å². The summed E-state index contributed by atoms with van der Waals surface area (Å²) in [4.78, 5) is 2.36. The van der Waals surface area contributed by atoms with Gasteiger partial charge in [0.25, 0.3) is 0 Å². The molecule has 0 N–H and O–H groups in total. The van der Waals surface area contributed by atoms with Crippen LogP contribution in [0.5, 0.6) is 0 Å². The maximum Gasteiger partial charge on any atom is 0.171 e. The molecular formula is C61H39N2OPS. The Morgan fingerprint density at radius 1 is 0.409 bits per heavy atom. The number of thiophene rings is 1. The summed E-state index contributed by atoms with van der Waals surface area (Å²) in [7, 11) is -3.53. The lowest BCUT2D eigenvalue weighted by Gasteiger charge is -2.47. The predicted molar refractivity (Wildman–Crippen MR) is 279 cm³/mol. The summed E-state index contributed by atoms with van der Waals surface area (Å²) in [5.74, 6) is 0. The Hall–Kier alpha value is -7.75. The molecule has 2 aliphatic rings. The molecule has 1 spiro atoms. The quantitative estimate of drug-likeness (QED) is 0.161. The van der Waals surface area contributed by atoms with Gasteiger partial charge in [-0.1, -0.05) is 176 Å². The van der Waals surface area contributed by atoms with Crippen molar-refractivity contribution in [3.05, 3.63) is 259 Å². The first-order chi connectivity index (χ1) is 32.6. The van der Waals surface area contributed by atoms with E-state index in [1.165, 1.54) is 58.7 Å². The Kier molecular flexibility index (Phi) is 8.05. The molecule has 0 saturated carbocycles. The van der Waals surface area contributed by atoms with Gasteiger partial charge in [-0.3, -0.25) is 0 Å². The fourth-order valence-corrected chi connectivity index (χ4v) is 15.8. The lowest BCUT2D eigenvalue weighted by atomic mass is 9.62. The van der Waals surface area contributed by atoms with Crippen LogP contribution in [0.15, 0.2) is 237 Å². The molecule has 2 aliphatic heterocycles. The van der Waals surface area contributed by atoms with Crippen molar-refractivity contribution in [3.8, 4) is 16.8 Å².